The van der Waals surface area contributed by atoms with Crippen molar-refractivity contribution in [1.29, 1.82) is 0 Å². The Kier molecular flexibility index (Phi) is 29.9. The van der Waals surface area contributed by atoms with E-state index in [0.717, 1.165) is 151 Å². The van der Waals surface area contributed by atoms with Crippen LogP contribution in [0.5, 0.6) is 0 Å². The molecule has 8 aromatic rings. The molecule has 776 valence electrons. The van der Waals surface area contributed by atoms with Gasteiger partial charge in [-0.2, -0.15) is 0 Å². The molecule has 8 aliphatic heterocycles. The third-order valence-electron chi connectivity index (χ3n) is 31.7. The van der Waals surface area contributed by atoms with Gasteiger partial charge in [-0.05, 0) is 241 Å². The fraction of sp³-hybridized carbons (Fsp3) is 0.458. The van der Waals surface area contributed by atoms with Gasteiger partial charge in [0, 0.05) is 91.3 Å². The monoisotopic (exact) mass is 2010 g/mol. The Bertz CT molecular complexity index is 6830. The van der Waals surface area contributed by atoms with Crippen molar-refractivity contribution in [2.45, 2.75) is 252 Å². The molecule has 11 atom stereocenters. The van der Waals surface area contributed by atoms with Crippen LogP contribution in [0.25, 0.3) is 27.9 Å². The van der Waals surface area contributed by atoms with Crippen LogP contribution in [0.3, 0.4) is 0 Å². The minimum Gasteiger partial charge on any atom is -0.393 e. The normalized spacial score (nSPS) is 28.6. The summed E-state index contributed by atoms with van der Waals surface area (Å²) < 4.78 is 35.8. The molecule has 4 fully saturated rings. The Morgan fingerprint density at radius 2 is 0.723 bits per heavy atom. The first kappa shape index (κ1) is 107. The fourth-order valence-electron chi connectivity index (χ4n) is 23.2. The summed E-state index contributed by atoms with van der Waals surface area (Å²) in [6, 6.07) is 23.4. The lowest BCUT2D eigenvalue weighted by Crippen LogP contribution is -2.55. The highest BCUT2D eigenvalue weighted by Crippen LogP contribution is 2.58. The average molecular weight is 2010 g/mol. The second-order valence-electron chi connectivity index (χ2n) is 45.5. The molecule has 4 aromatic carbocycles. The zero-order valence-electron chi connectivity index (χ0n) is 85.9. The first-order chi connectivity index (χ1) is 70.5. The van der Waals surface area contributed by atoms with E-state index in [1.54, 1.807) is 38.5 Å². The van der Waals surface area contributed by atoms with Crippen molar-refractivity contribution in [3.63, 3.8) is 0 Å². The van der Waals surface area contributed by atoms with E-state index in [-0.39, 0.29) is 121 Å². The molecule has 12 heterocycles. The third kappa shape index (κ3) is 22.6. The summed E-state index contributed by atoms with van der Waals surface area (Å²) >= 11 is 0. The predicted molar refractivity (Wildman–Crippen MR) is 566 cm³/mol. The molecular weight excluding hydrogens is 1870 g/mol. The first-order valence-electron chi connectivity index (χ1n) is 50.8. The van der Waals surface area contributed by atoms with E-state index in [4.69, 9.17) is 54.1 Å². The lowest BCUT2D eigenvalue weighted by molar-refractivity contribution is -0.225. The second kappa shape index (κ2) is 41.6. The van der Waals surface area contributed by atoms with Gasteiger partial charge in [0.2, 0.25) is 0 Å². The van der Waals surface area contributed by atoms with Gasteiger partial charge in [0.1, 0.15) is 56.4 Å². The maximum Gasteiger partial charge on any atom is 0.291 e. The molecule has 3 unspecified atom stereocenters. The molecule has 4 amide bonds. The Morgan fingerprint density at radius 1 is 0.392 bits per heavy atom. The molecule has 0 saturated carbocycles. The highest BCUT2D eigenvalue weighted by Gasteiger charge is 2.61. The number of ether oxygens (including phenoxy) is 6. The van der Waals surface area contributed by atoms with Crippen molar-refractivity contribution in [2.24, 2.45) is 21.7 Å². The Labute approximate surface area is 864 Å². The van der Waals surface area contributed by atoms with Gasteiger partial charge in [-0.1, -0.05) is 158 Å². The largest absolute Gasteiger partial charge is 0.393 e. The summed E-state index contributed by atoms with van der Waals surface area (Å²) in [4.78, 5) is 79.7. The van der Waals surface area contributed by atoms with Crippen LogP contribution in [0, 0.1) is 71.0 Å². The van der Waals surface area contributed by atoms with Crippen LogP contribution in [0.4, 0.5) is 22.7 Å². The van der Waals surface area contributed by atoms with E-state index in [2.05, 4.69) is 177 Å². The van der Waals surface area contributed by atoms with Gasteiger partial charge < -0.3 is 110 Å². The number of benzene rings is 4. The number of anilines is 4. The van der Waals surface area contributed by atoms with Crippen molar-refractivity contribution < 1.29 is 88.5 Å². The fourth-order valence-corrected chi connectivity index (χ4v) is 23.2. The number of carbonyl (C=O) groups excluding carboxylic acids is 4. The summed E-state index contributed by atoms with van der Waals surface area (Å²) in [5, 5.41) is 96.7. The molecule has 8 bridgehead atoms. The van der Waals surface area contributed by atoms with E-state index in [1.165, 1.54) is 35.9 Å². The average Bonchev–Trinajstić information content (AvgIpc) is 1.57. The van der Waals surface area contributed by atoms with E-state index in [1.807, 2.05) is 78.9 Å². The molecule has 4 saturated heterocycles. The van der Waals surface area contributed by atoms with Crippen LogP contribution in [0.15, 0.2) is 164 Å². The molecule has 16 N–H and O–H groups in total. The summed E-state index contributed by atoms with van der Waals surface area (Å²) in [6.07, 6.45) is 65.3. The van der Waals surface area contributed by atoms with Crippen molar-refractivity contribution >= 4 is 74.2 Å². The number of rotatable bonds is 26. The van der Waals surface area contributed by atoms with Crippen molar-refractivity contribution in [3.05, 3.63) is 255 Å². The van der Waals surface area contributed by atoms with Gasteiger partial charge in [0.05, 0.1) is 100 Å². The summed E-state index contributed by atoms with van der Waals surface area (Å²) in [5.41, 5.74) is 8.94. The van der Waals surface area contributed by atoms with Crippen molar-refractivity contribution in [1.82, 2.24) is 39.9 Å². The maximum absolute atomic E-state index is 13.1. The number of imidazole rings is 4. The van der Waals surface area contributed by atoms with Gasteiger partial charge in [-0.15, -0.1) is 25.7 Å². The third-order valence-corrected chi connectivity index (χ3v) is 31.7. The van der Waals surface area contributed by atoms with E-state index >= 15 is 0 Å². The number of methoxy groups -OCH3 is 2. The topological polar surface area (TPSA) is 448 Å². The van der Waals surface area contributed by atoms with Crippen molar-refractivity contribution in [3.8, 4) is 49.4 Å². The first-order valence-corrected chi connectivity index (χ1v) is 50.8. The lowest BCUT2D eigenvalue weighted by Gasteiger charge is -2.48. The minimum atomic E-state index is -1.36. The van der Waals surface area contributed by atoms with E-state index in [0.29, 0.717) is 90.7 Å². The molecule has 4 aliphatic carbocycles. The Morgan fingerprint density at radius 3 is 1.05 bits per heavy atom. The van der Waals surface area contributed by atoms with Crippen LogP contribution in [0.2, 0.25) is 0 Å². The van der Waals surface area contributed by atoms with E-state index in [9.17, 15) is 60.0 Å². The maximum atomic E-state index is 13.1. The summed E-state index contributed by atoms with van der Waals surface area (Å²) in [7, 11) is 3.27. The number of aromatic amines is 4. The predicted octanol–water partition coefficient (Wildman–Crippen LogP) is 16.3. The zero-order chi connectivity index (χ0) is 105. The van der Waals surface area contributed by atoms with Gasteiger partial charge in [0.25, 0.3) is 23.6 Å². The molecular formula is C118H136N12O18. The molecule has 4 aromatic heterocycles. The highest BCUT2D eigenvalue weighted by molar-refractivity contribution is 6.06. The van der Waals surface area contributed by atoms with Gasteiger partial charge in [0.15, 0.2) is 23.3 Å². The number of aromatic nitrogens is 8. The van der Waals surface area contributed by atoms with Crippen LogP contribution in [0.1, 0.15) is 306 Å². The number of nitrogens with one attached hydrogen (secondary N) is 8. The number of aliphatic hydroxyl groups excluding tert-OH is 6. The SMILES string of the molecule is C#Cc1cnc(C(=O)Nc2ccc(C3(O)C[C@@]4(CO)C=C[C@@](CO)(C3)O4)cc2C2=CCC(C)(C)CC2)[nH]1.C#Cc1cnc(C(=O)Nc2ccc(C3(O)C[C@@]4(COC)C=C[C@@](COC)(C3)O4)cc2C2=CCC(C)(C)CC2)[nH]1.C#Cc1cnc(C(=O)Nc2ccc(C3=C[C@@]4(CO)C=C[C@@](CO)(C3)O4)cc2C2=CCC(C)(C)CC2)[nH]1.C#Cc1cnc(C(=O)Nc2ccc(C3C[C@]4(CO)CC[C@](CO)(C3)O4)cc2C2=CCC(C)(C)CC2)[nH]1. The number of H-pyrrole nitrogens is 4. The van der Waals surface area contributed by atoms with E-state index < -0.39 is 61.9 Å². The number of fused-ring (bicyclic) bond motifs is 8. The van der Waals surface area contributed by atoms with Gasteiger partial charge >= 0.3 is 0 Å². The second-order valence-corrected chi connectivity index (χ2v) is 45.5. The number of carbonyl (C=O) groups is 4. The number of amides is 4. The molecule has 148 heavy (non-hydrogen) atoms. The molecule has 30 heteroatoms. The van der Waals surface area contributed by atoms with Gasteiger partial charge in [-0.25, -0.2) is 19.9 Å². The smallest absolute Gasteiger partial charge is 0.291 e. The molecule has 20 rings (SSSR count). The number of terminal acetylenes is 4. The standard InChI is InChI=1S/C31H37N3O5.C29H33N3O5.C29H35N3O4.C29H31N3O4/c1-6-23-16-32-26(33-23)27(35)34-25-8-7-22(15-24(25)21-9-11-28(2,3)12-10-21)31(36)17-29(19-37-4)13-14-30(18-31,39-29)20-38-5;1-4-21-14-30-24(31-21)25(35)32-23-6-5-20(13-22(23)19-7-9-26(2,3)10-8-19)29(36)15-27(17-33)11-12-28(16-29,18-34)37-27;2*1-4-22-16-30-25(31-22)26(35)32-24-6-5-20(13-23(24)19-7-9-27(2,3)10-8-19)21-14-28(17-33)11-12-29(15-21,18-34)36-28/h1,7-9,13-16,36H,10-12,17-20H2,2-5H3,(H,32,33)(H,34,35);1,5-7,11-14,33-34,36H,8-10,15-18H2,2-3H3,(H,30,31)(H,32,35);1,5-7,13,16,21,33-34H,8-12,14-15,17-18H2,2-3H3,(H,30,31)(H,32,35);1,5-7,11-14,16,33-34H,8-10,15,17-18H2,2-3H3,(H,30,31)(H,32,35)/t29-,30+,31?;27-,28+,29?;21?,28-,29+;28-,29+/m...1/s1. The number of allylic oxidation sites excluding steroid dienone is 8. The minimum absolute atomic E-state index is 0.0464. The number of hydrogen-bond donors (Lipinski definition) is 16. The van der Waals surface area contributed by atoms with Crippen LogP contribution >= 0.6 is 0 Å². The summed E-state index contributed by atoms with van der Waals surface area (Å²) in [5.74, 6) is 9.00. The molecule has 12 aliphatic rings. The quantitative estimate of drug-likeness (QED) is 0.0177. The number of hydrogen-bond acceptors (Lipinski definition) is 22. The molecule has 30 nitrogen and oxygen atoms in total. The Balaban J connectivity index is 0.000000135. The Hall–Kier alpha value is -12.8. The number of nitrogens with zero attached hydrogens (tertiary/aromatic N) is 4. The zero-order valence-corrected chi connectivity index (χ0v) is 85.9. The number of aliphatic hydroxyl groups is 8. The summed E-state index contributed by atoms with van der Waals surface area (Å²) in [6.45, 7) is 17.6. The van der Waals surface area contributed by atoms with Crippen molar-refractivity contribution in [2.75, 3.05) is 88.3 Å². The lowest BCUT2D eigenvalue weighted by atomic mass is 9.73. The van der Waals surface area contributed by atoms with Crippen LogP contribution in [-0.2, 0) is 39.6 Å². The molecule has 0 spiro atoms. The van der Waals surface area contributed by atoms with Gasteiger partial charge in [-0.3, -0.25) is 19.2 Å². The van der Waals surface area contributed by atoms with Crippen LogP contribution < -0.4 is 21.3 Å². The molecule has 0 radical (unpaired) electrons. The highest BCUT2D eigenvalue weighted by atomic mass is 16.6. The van der Waals surface area contributed by atoms with Crippen LogP contribution in [-0.4, -0.2) is 216 Å².